The zero-order valence-corrected chi connectivity index (χ0v) is 14.9. The minimum atomic E-state index is 0.112. The summed E-state index contributed by atoms with van der Waals surface area (Å²) in [7, 11) is 0. The Hall–Kier alpha value is -0.910. The quantitative estimate of drug-likeness (QED) is 0.844. The predicted molar refractivity (Wildman–Crippen MR) is 92.5 cm³/mol. The Balaban J connectivity index is 1.57. The smallest absolute Gasteiger partial charge is 0.0535 e. The second-order valence-corrected chi connectivity index (χ2v) is 8.09. The van der Waals surface area contributed by atoms with Crippen molar-refractivity contribution in [2.45, 2.75) is 58.0 Å². The summed E-state index contributed by atoms with van der Waals surface area (Å²) in [5.74, 6) is 0.687. The molecule has 3 heterocycles. The molecule has 1 aromatic heterocycles. The number of nitrogens with one attached hydrogen (secondary N) is 2. The first-order valence-electron chi connectivity index (χ1n) is 9.11. The molecule has 0 radical (unpaired) electrons. The van der Waals surface area contributed by atoms with Gasteiger partial charge in [0.25, 0.3) is 0 Å². The lowest BCUT2D eigenvalue weighted by Crippen LogP contribution is -2.46. The Morgan fingerprint density at radius 2 is 2.17 bits per heavy atom. The van der Waals surface area contributed by atoms with Gasteiger partial charge in [-0.15, -0.1) is 0 Å². The van der Waals surface area contributed by atoms with E-state index < -0.39 is 0 Å². The average Bonchev–Trinajstić information content (AvgIpc) is 3.22. The van der Waals surface area contributed by atoms with E-state index in [9.17, 15) is 0 Å². The number of H-pyrrole nitrogens is 1. The second kappa shape index (κ2) is 7.32. The van der Waals surface area contributed by atoms with Crippen LogP contribution in [0, 0.1) is 5.92 Å². The molecule has 5 heteroatoms. The third kappa shape index (κ3) is 4.14. The fraction of sp³-hybridized carbons (Fsp3) is 0.833. The highest BCUT2D eigenvalue weighted by Crippen LogP contribution is 2.25. The molecular weight excluding hydrogens is 288 g/mol. The van der Waals surface area contributed by atoms with Gasteiger partial charge in [-0.3, -0.25) is 10.00 Å². The van der Waals surface area contributed by atoms with Gasteiger partial charge in [0.05, 0.1) is 12.8 Å². The van der Waals surface area contributed by atoms with Crippen LogP contribution >= 0.6 is 0 Å². The van der Waals surface area contributed by atoms with Crippen molar-refractivity contribution in [3.05, 3.63) is 17.5 Å². The number of hydrogen-bond acceptors (Lipinski definition) is 4. The van der Waals surface area contributed by atoms with Gasteiger partial charge in [0.1, 0.15) is 0 Å². The second-order valence-electron chi connectivity index (χ2n) is 8.09. The molecule has 2 aliphatic rings. The molecule has 0 spiro atoms. The van der Waals surface area contributed by atoms with E-state index in [4.69, 9.17) is 4.74 Å². The van der Waals surface area contributed by atoms with Gasteiger partial charge in [0.15, 0.2) is 0 Å². The Morgan fingerprint density at radius 3 is 2.83 bits per heavy atom. The summed E-state index contributed by atoms with van der Waals surface area (Å²) in [6.45, 7) is 13.0. The van der Waals surface area contributed by atoms with Gasteiger partial charge in [0, 0.05) is 48.3 Å². The molecule has 0 aromatic carbocycles. The van der Waals surface area contributed by atoms with Crippen LogP contribution in [0.3, 0.4) is 0 Å². The molecule has 23 heavy (non-hydrogen) atoms. The van der Waals surface area contributed by atoms with E-state index >= 15 is 0 Å². The first kappa shape index (κ1) is 16.9. The van der Waals surface area contributed by atoms with E-state index in [0.29, 0.717) is 12.0 Å². The lowest BCUT2D eigenvalue weighted by Gasteiger charge is -2.32. The standard InChI is InChI=1S/C18H32N4O/c1-18(2,3)17-15(11-20-21-17)10-19-12-16(14-6-9-23-13-14)22-7-4-5-8-22/h11,14,16,19H,4-10,12-13H2,1-3H3,(H,20,21)/t14-,16+/m0/s1. The molecule has 0 bridgehead atoms. The summed E-state index contributed by atoms with van der Waals surface area (Å²) in [4.78, 5) is 2.67. The fourth-order valence-corrected chi connectivity index (χ4v) is 3.97. The van der Waals surface area contributed by atoms with E-state index in [1.807, 2.05) is 6.20 Å². The summed E-state index contributed by atoms with van der Waals surface area (Å²) in [6.07, 6.45) is 5.87. The SMILES string of the molecule is CC(C)(C)c1[nH]ncc1CNC[C@H]([C@H]1CCOC1)N1CCCC1. The zero-order valence-electron chi connectivity index (χ0n) is 14.9. The highest BCUT2D eigenvalue weighted by molar-refractivity contribution is 5.23. The Bertz CT molecular complexity index is 465. The first-order chi connectivity index (χ1) is 11.1. The molecule has 2 fully saturated rings. The Kier molecular flexibility index (Phi) is 5.39. The van der Waals surface area contributed by atoms with Crippen LogP contribution in [0.2, 0.25) is 0 Å². The molecule has 0 unspecified atom stereocenters. The third-order valence-corrected chi connectivity index (χ3v) is 5.26. The van der Waals surface area contributed by atoms with Gasteiger partial charge < -0.3 is 10.1 Å². The van der Waals surface area contributed by atoms with Crippen molar-refractivity contribution in [3.63, 3.8) is 0 Å². The van der Waals surface area contributed by atoms with Gasteiger partial charge >= 0.3 is 0 Å². The summed E-state index contributed by atoms with van der Waals surface area (Å²) >= 11 is 0. The molecule has 2 N–H and O–H groups in total. The monoisotopic (exact) mass is 320 g/mol. The van der Waals surface area contributed by atoms with Crippen LogP contribution in [0.25, 0.3) is 0 Å². The number of aromatic amines is 1. The maximum Gasteiger partial charge on any atom is 0.0535 e. The number of likely N-dealkylation sites (tertiary alicyclic amines) is 1. The Labute approximate surface area is 140 Å². The maximum absolute atomic E-state index is 5.64. The molecule has 0 aliphatic carbocycles. The van der Waals surface area contributed by atoms with Crippen molar-refractivity contribution >= 4 is 0 Å². The van der Waals surface area contributed by atoms with Crippen LogP contribution in [-0.4, -0.2) is 54.0 Å². The van der Waals surface area contributed by atoms with E-state index in [1.54, 1.807) is 0 Å². The van der Waals surface area contributed by atoms with E-state index in [2.05, 4.69) is 41.2 Å². The fourth-order valence-electron chi connectivity index (χ4n) is 3.97. The zero-order chi connectivity index (χ0) is 16.3. The van der Waals surface area contributed by atoms with Crippen LogP contribution in [0.1, 0.15) is 51.3 Å². The highest BCUT2D eigenvalue weighted by Gasteiger charge is 2.31. The average molecular weight is 320 g/mol. The van der Waals surface area contributed by atoms with Crippen molar-refractivity contribution in [1.82, 2.24) is 20.4 Å². The largest absolute Gasteiger partial charge is 0.381 e. The number of hydrogen-bond donors (Lipinski definition) is 2. The van der Waals surface area contributed by atoms with E-state index in [0.717, 1.165) is 26.3 Å². The van der Waals surface area contributed by atoms with Crippen molar-refractivity contribution in [2.24, 2.45) is 5.92 Å². The van der Waals surface area contributed by atoms with Crippen LogP contribution in [-0.2, 0) is 16.7 Å². The summed E-state index contributed by atoms with van der Waals surface area (Å²) in [5, 5.41) is 11.1. The predicted octanol–water partition coefficient (Wildman–Crippen LogP) is 2.30. The minimum Gasteiger partial charge on any atom is -0.381 e. The minimum absolute atomic E-state index is 0.112. The lowest BCUT2D eigenvalue weighted by atomic mass is 9.89. The van der Waals surface area contributed by atoms with Crippen LogP contribution in [0.5, 0.6) is 0 Å². The maximum atomic E-state index is 5.64. The molecule has 5 nitrogen and oxygen atoms in total. The summed E-state index contributed by atoms with van der Waals surface area (Å²) < 4.78 is 5.64. The van der Waals surface area contributed by atoms with E-state index in [1.165, 1.54) is 43.6 Å². The number of ether oxygens (including phenoxy) is 1. The number of nitrogens with zero attached hydrogens (tertiary/aromatic N) is 2. The highest BCUT2D eigenvalue weighted by atomic mass is 16.5. The van der Waals surface area contributed by atoms with Gasteiger partial charge in [-0.05, 0) is 32.4 Å². The van der Waals surface area contributed by atoms with E-state index in [-0.39, 0.29) is 5.41 Å². The molecule has 2 saturated heterocycles. The molecule has 3 rings (SSSR count). The topological polar surface area (TPSA) is 53.2 Å². The first-order valence-corrected chi connectivity index (χ1v) is 9.11. The van der Waals surface area contributed by atoms with Crippen LogP contribution in [0.4, 0.5) is 0 Å². The summed E-state index contributed by atoms with van der Waals surface area (Å²) in [6, 6.07) is 0.616. The molecule has 1 aromatic rings. The molecular formula is C18H32N4O. The van der Waals surface area contributed by atoms with Gasteiger partial charge in [0.2, 0.25) is 0 Å². The van der Waals surface area contributed by atoms with Gasteiger partial charge in [-0.25, -0.2) is 0 Å². The normalized spacial score (nSPS) is 24.4. The van der Waals surface area contributed by atoms with Crippen molar-refractivity contribution in [1.29, 1.82) is 0 Å². The molecule has 2 aliphatic heterocycles. The number of aromatic nitrogens is 2. The lowest BCUT2D eigenvalue weighted by molar-refractivity contribution is 0.134. The van der Waals surface area contributed by atoms with Gasteiger partial charge in [-0.1, -0.05) is 20.8 Å². The van der Waals surface area contributed by atoms with Gasteiger partial charge in [-0.2, -0.15) is 5.10 Å². The van der Waals surface area contributed by atoms with Crippen LogP contribution in [0.15, 0.2) is 6.20 Å². The third-order valence-electron chi connectivity index (χ3n) is 5.26. The van der Waals surface area contributed by atoms with Crippen LogP contribution < -0.4 is 5.32 Å². The Morgan fingerprint density at radius 1 is 1.39 bits per heavy atom. The molecule has 2 atom stereocenters. The van der Waals surface area contributed by atoms with Crippen molar-refractivity contribution < 1.29 is 4.74 Å². The summed E-state index contributed by atoms with van der Waals surface area (Å²) in [5.41, 5.74) is 2.65. The van der Waals surface area contributed by atoms with Crippen molar-refractivity contribution in [2.75, 3.05) is 32.8 Å². The number of rotatable bonds is 6. The molecule has 0 amide bonds. The molecule has 130 valence electrons. The molecule has 0 saturated carbocycles. The van der Waals surface area contributed by atoms with Crippen molar-refractivity contribution in [3.8, 4) is 0 Å².